The molecule has 1 aliphatic heterocycles. The summed E-state index contributed by atoms with van der Waals surface area (Å²) >= 11 is 0. The number of carbonyl (C=O) groups excluding carboxylic acids is 1. The number of hydrogen-bond acceptors (Lipinski definition) is 3. The fraction of sp³-hybridized carbons (Fsp3) is 0.500. The smallest absolute Gasteiger partial charge is 0.312 e. The minimum absolute atomic E-state index is 0.0213. The fourth-order valence-corrected chi connectivity index (χ4v) is 2.51. The van der Waals surface area contributed by atoms with E-state index in [9.17, 15) is 19.1 Å². The third-order valence-corrected chi connectivity index (χ3v) is 3.76. The van der Waals surface area contributed by atoms with Gasteiger partial charge in [-0.15, -0.1) is 0 Å². The van der Waals surface area contributed by atoms with Crippen molar-refractivity contribution >= 4 is 11.9 Å². The van der Waals surface area contributed by atoms with E-state index < -0.39 is 17.7 Å². The molecular weight excluding hydrogens is 289 g/mol. The van der Waals surface area contributed by atoms with Gasteiger partial charge in [0.25, 0.3) is 0 Å². The molecule has 1 aliphatic rings. The van der Waals surface area contributed by atoms with Crippen LogP contribution in [-0.2, 0) is 14.3 Å². The maximum atomic E-state index is 12.9. The zero-order chi connectivity index (χ0) is 15.9. The van der Waals surface area contributed by atoms with Gasteiger partial charge in [0.1, 0.15) is 5.82 Å². The lowest BCUT2D eigenvalue weighted by Gasteiger charge is -2.22. The molecule has 5 nitrogen and oxygen atoms in total. The van der Waals surface area contributed by atoms with Gasteiger partial charge in [0.2, 0.25) is 5.91 Å². The van der Waals surface area contributed by atoms with Crippen LogP contribution in [0.25, 0.3) is 0 Å². The van der Waals surface area contributed by atoms with Crippen molar-refractivity contribution in [2.45, 2.75) is 37.7 Å². The van der Waals surface area contributed by atoms with Crippen molar-refractivity contribution in [3.8, 4) is 0 Å². The van der Waals surface area contributed by atoms with Crippen molar-refractivity contribution in [1.29, 1.82) is 0 Å². The van der Waals surface area contributed by atoms with Crippen LogP contribution < -0.4 is 5.32 Å². The number of nitrogens with one attached hydrogen (secondary N) is 1. The summed E-state index contributed by atoms with van der Waals surface area (Å²) in [6, 6.07) is 5.26. The summed E-state index contributed by atoms with van der Waals surface area (Å²) in [6.07, 6.45) is 3.08. The van der Waals surface area contributed by atoms with Gasteiger partial charge >= 0.3 is 5.97 Å². The second-order valence-corrected chi connectivity index (χ2v) is 5.44. The van der Waals surface area contributed by atoms with Crippen LogP contribution in [0, 0.1) is 5.82 Å². The normalized spacial score (nSPS) is 19.4. The molecule has 6 heteroatoms. The van der Waals surface area contributed by atoms with E-state index in [-0.39, 0.29) is 25.0 Å². The fourth-order valence-electron chi connectivity index (χ4n) is 2.51. The van der Waals surface area contributed by atoms with Crippen LogP contribution in [0.3, 0.4) is 0 Å². The molecule has 2 N–H and O–H groups in total. The Kier molecular flexibility index (Phi) is 5.89. The van der Waals surface area contributed by atoms with Crippen LogP contribution in [-0.4, -0.2) is 36.2 Å². The second kappa shape index (κ2) is 7.89. The van der Waals surface area contributed by atoms with Crippen molar-refractivity contribution in [3.63, 3.8) is 0 Å². The molecule has 1 amide bonds. The van der Waals surface area contributed by atoms with Crippen LogP contribution in [0.5, 0.6) is 0 Å². The number of ether oxygens (including phenoxy) is 1. The van der Waals surface area contributed by atoms with Crippen LogP contribution in [0.4, 0.5) is 4.39 Å². The Hall–Kier alpha value is -1.95. The lowest BCUT2D eigenvalue weighted by molar-refractivity contribution is -0.138. The minimum Gasteiger partial charge on any atom is -0.481 e. The molecule has 0 aliphatic carbocycles. The van der Waals surface area contributed by atoms with Crippen molar-refractivity contribution in [1.82, 2.24) is 5.32 Å². The average Bonchev–Trinajstić information content (AvgIpc) is 2.50. The second-order valence-electron chi connectivity index (χ2n) is 5.44. The first-order valence-corrected chi connectivity index (χ1v) is 7.43. The maximum Gasteiger partial charge on any atom is 0.312 e. The molecule has 2 rings (SSSR count). The van der Waals surface area contributed by atoms with Gasteiger partial charge in [-0.25, -0.2) is 4.39 Å². The van der Waals surface area contributed by atoms with E-state index in [1.54, 1.807) is 0 Å². The van der Waals surface area contributed by atoms with Crippen LogP contribution in [0.2, 0.25) is 0 Å². The van der Waals surface area contributed by atoms with Gasteiger partial charge < -0.3 is 15.2 Å². The van der Waals surface area contributed by atoms with E-state index in [4.69, 9.17) is 4.74 Å². The number of hydrogen-bond donors (Lipinski definition) is 2. The van der Waals surface area contributed by atoms with Crippen LogP contribution in [0.15, 0.2) is 24.3 Å². The Balaban J connectivity index is 1.87. The number of amides is 1. The number of carboxylic acid groups (broad SMARTS) is 1. The third kappa shape index (κ3) is 4.80. The molecule has 2 atom stereocenters. The minimum atomic E-state index is -1.05. The largest absolute Gasteiger partial charge is 0.481 e. The monoisotopic (exact) mass is 309 g/mol. The first-order chi connectivity index (χ1) is 10.6. The van der Waals surface area contributed by atoms with Crippen LogP contribution in [0.1, 0.15) is 37.2 Å². The molecule has 0 radical (unpaired) electrons. The van der Waals surface area contributed by atoms with E-state index in [0.717, 1.165) is 19.3 Å². The van der Waals surface area contributed by atoms with Crippen molar-refractivity contribution in [3.05, 3.63) is 35.6 Å². The molecule has 0 aromatic heterocycles. The van der Waals surface area contributed by atoms with E-state index >= 15 is 0 Å². The highest BCUT2D eigenvalue weighted by molar-refractivity contribution is 5.80. The first-order valence-electron chi connectivity index (χ1n) is 7.43. The predicted molar refractivity (Wildman–Crippen MR) is 78.0 cm³/mol. The topological polar surface area (TPSA) is 75.6 Å². The zero-order valence-electron chi connectivity index (χ0n) is 12.3. The molecule has 1 aromatic rings. The Morgan fingerprint density at radius 2 is 2.05 bits per heavy atom. The van der Waals surface area contributed by atoms with Gasteiger partial charge in [-0.2, -0.15) is 0 Å². The SMILES string of the molecule is O=C(CC1CCCCO1)NCC(C(=O)O)c1ccc(F)cc1. The van der Waals surface area contributed by atoms with Gasteiger partial charge in [0.05, 0.1) is 18.4 Å². The molecule has 2 unspecified atom stereocenters. The standard InChI is InChI=1S/C16H20FNO4/c17-12-6-4-11(5-7-12)14(16(20)21)10-18-15(19)9-13-3-1-2-8-22-13/h4-7,13-14H,1-3,8-10H2,(H,18,19)(H,20,21). The Labute approximate surface area is 128 Å². The lowest BCUT2D eigenvalue weighted by atomic mass is 9.99. The van der Waals surface area contributed by atoms with Gasteiger partial charge in [-0.05, 0) is 37.0 Å². The number of halogens is 1. The highest BCUT2D eigenvalue weighted by Gasteiger charge is 2.22. The Morgan fingerprint density at radius 3 is 2.64 bits per heavy atom. The molecule has 1 heterocycles. The Morgan fingerprint density at radius 1 is 1.32 bits per heavy atom. The summed E-state index contributed by atoms with van der Waals surface area (Å²) in [7, 11) is 0. The van der Waals surface area contributed by atoms with E-state index in [1.165, 1.54) is 24.3 Å². The van der Waals surface area contributed by atoms with Gasteiger partial charge in [-0.1, -0.05) is 12.1 Å². The Bertz CT molecular complexity index is 511. The van der Waals surface area contributed by atoms with E-state index in [0.29, 0.717) is 12.2 Å². The molecular formula is C16H20FNO4. The maximum absolute atomic E-state index is 12.9. The molecule has 1 saturated heterocycles. The summed E-state index contributed by atoms with van der Waals surface area (Å²) in [5.74, 6) is -2.59. The first kappa shape index (κ1) is 16.4. The summed E-state index contributed by atoms with van der Waals surface area (Å²) < 4.78 is 18.4. The summed E-state index contributed by atoms with van der Waals surface area (Å²) in [5.41, 5.74) is 0.461. The van der Waals surface area contributed by atoms with Crippen molar-refractivity contribution in [2.24, 2.45) is 0 Å². The van der Waals surface area contributed by atoms with Gasteiger partial charge in [0, 0.05) is 13.2 Å². The molecule has 0 bridgehead atoms. The molecule has 120 valence electrons. The molecule has 0 saturated carbocycles. The zero-order valence-corrected chi connectivity index (χ0v) is 12.3. The van der Waals surface area contributed by atoms with Gasteiger partial charge in [0.15, 0.2) is 0 Å². The number of aliphatic carboxylic acids is 1. The third-order valence-electron chi connectivity index (χ3n) is 3.76. The number of benzene rings is 1. The quantitative estimate of drug-likeness (QED) is 0.843. The van der Waals surface area contributed by atoms with E-state index in [2.05, 4.69) is 5.32 Å². The number of carboxylic acids is 1. The van der Waals surface area contributed by atoms with Crippen LogP contribution >= 0.6 is 0 Å². The summed E-state index contributed by atoms with van der Waals surface area (Å²) in [5, 5.41) is 11.9. The highest BCUT2D eigenvalue weighted by atomic mass is 19.1. The molecule has 0 spiro atoms. The number of carbonyl (C=O) groups is 2. The average molecular weight is 309 g/mol. The highest BCUT2D eigenvalue weighted by Crippen LogP contribution is 2.17. The van der Waals surface area contributed by atoms with Crippen molar-refractivity contribution in [2.75, 3.05) is 13.2 Å². The summed E-state index contributed by atoms with van der Waals surface area (Å²) in [4.78, 5) is 23.2. The molecule has 1 fully saturated rings. The summed E-state index contributed by atoms with van der Waals surface area (Å²) in [6.45, 7) is 0.651. The number of rotatable bonds is 6. The molecule has 1 aromatic carbocycles. The van der Waals surface area contributed by atoms with Gasteiger partial charge in [-0.3, -0.25) is 9.59 Å². The predicted octanol–water partition coefficient (Wildman–Crippen LogP) is 2.07. The lowest BCUT2D eigenvalue weighted by Crippen LogP contribution is -2.34. The van der Waals surface area contributed by atoms with E-state index in [1.807, 2.05) is 0 Å². The van der Waals surface area contributed by atoms with Crippen molar-refractivity contribution < 1.29 is 23.8 Å². The molecule has 22 heavy (non-hydrogen) atoms.